The zero-order valence-electron chi connectivity index (χ0n) is 13.3. The molecule has 1 unspecified atom stereocenters. The van der Waals surface area contributed by atoms with Gasteiger partial charge in [-0.2, -0.15) is 0 Å². The summed E-state index contributed by atoms with van der Waals surface area (Å²) in [6, 6.07) is 15.0. The molecule has 2 rings (SSSR count). The molecule has 1 nitrogen and oxygen atoms in total. The Morgan fingerprint density at radius 2 is 1.62 bits per heavy atom. The van der Waals surface area contributed by atoms with Gasteiger partial charge < -0.3 is 5.73 Å². The van der Waals surface area contributed by atoms with Crippen LogP contribution in [0.4, 0.5) is 0 Å². The Kier molecular flexibility index (Phi) is 4.90. The molecule has 0 saturated heterocycles. The third-order valence-corrected chi connectivity index (χ3v) is 5.34. The number of hydrogen-bond acceptors (Lipinski definition) is 1. The average molecular weight is 346 g/mol. The van der Waals surface area contributed by atoms with Gasteiger partial charge in [-0.3, -0.25) is 0 Å². The van der Waals surface area contributed by atoms with Crippen LogP contribution in [0.15, 0.2) is 46.9 Å². The van der Waals surface area contributed by atoms with Crippen LogP contribution in [-0.4, -0.2) is 0 Å². The largest absolute Gasteiger partial charge is 0.320 e. The minimum absolute atomic E-state index is 0.0827. The van der Waals surface area contributed by atoms with E-state index in [1.807, 2.05) is 0 Å². The van der Waals surface area contributed by atoms with Crippen molar-refractivity contribution in [3.8, 4) is 0 Å². The molecule has 1 atom stereocenters. The molecular weight excluding hydrogens is 322 g/mol. The molecule has 0 saturated carbocycles. The number of hydrogen-bond donors (Lipinski definition) is 1. The van der Waals surface area contributed by atoms with Crippen molar-refractivity contribution in [3.05, 3.63) is 69.2 Å². The summed E-state index contributed by atoms with van der Waals surface area (Å²) in [6.45, 7) is 8.86. The molecule has 0 aliphatic carbocycles. The van der Waals surface area contributed by atoms with Crippen molar-refractivity contribution < 1.29 is 0 Å². The molecule has 0 spiro atoms. The normalized spacial score (nSPS) is 13.2. The van der Waals surface area contributed by atoms with E-state index in [0.29, 0.717) is 0 Å². The number of nitrogens with two attached hydrogens (primary N) is 1. The second-order valence-electron chi connectivity index (χ2n) is 6.35. The number of halogens is 1. The molecule has 2 N–H and O–H groups in total. The van der Waals surface area contributed by atoms with Crippen molar-refractivity contribution in [1.29, 1.82) is 0 Å². The minimum Gasteiger partial charge on any atom is -0.320 e. The van der Waals surface area contributed by atoms with Crippen LogP contribution in [0, 0.1) is 6.92 Å². The fourth-order valence-corrected chi connectivity index (χ4v) is 2.74. The number of benzene rings is 2. The Bertz CT molecular complexity index is 614. The average Bonchev–Trinajstić information content (AvgIpc) is 2.49. The molecule has 0 aliphatic heterocycles. The van der Waals surface area contributed by atoms with Gasteiger partial charge >= 0.3 is 0 Å². The summed E-state index contributed by atoms with van der Waals surface area (Å²) in [5, 5.41) is 0. The van der Waals surface area contributed by atoms with E-state index in [1.54, 1.807) is 0 Å². The molecule has 2 aromatic rings. The highest BCUT2D eigenvalue weighted by Gasteiger charge is 2.18. The quantitative estimate of drug-likeness (QED) is 0.778. The van der Waals surface area contributed by atoms with Crippen LogP contribution < -0.4 is 5.73 Å². The maximum Gasteiger partial charge on any atom is 0.0552 e. The highest BCUT2D eigenvalue weighted by atomic mass is 79.9. The maximum absolute atomic E-state index is 6.41. The van der Waals surface area contributed by atoms with Gasteiger partial charge in [-0.15, -0.1) is 0 Å². The standard InChI is InChI=1S/C19H24BrN/c1-5-19(3,4)16-10-8-14(9-11-16)18(21)15-7-6-13(2)17(20)12-15/h6-12,18H,5,21H2,1-4H3. The summed E-state index contributed by atoms with van der Waals surface area (Å²) in [5.41, 5.74) is 11.5. The molecule has 0 fully saturated rings. The van der Waals surface area contributed by atoms with Crippen molar-refractivity contribution in [1.82, 2.24) is 0 Å². The van der Waals surface area contributed by atoms with Gasteiger partial charge in [-0.1, -0.05) is 73.1 Å². The highest BCUT2D eigenvalue weighted by Crippen LogP contribution is 2.29. The topological polar surface area (TPSA) is 26.0 Å². The van der Waals surface area contributed by atoms with Crippen LogP contribution in [0.5, 0.6) is 0 Å². The van der Waals surface area contributed by atoms with Gasteiger partial charge in [0.2, 0.25) is 0 Å². The molecule has 0 bridgehead atoms. The van der Waals surface area contributed by atoms with Crippen molar-refractivity contribution in [2.24, 2.45) is 5.73 Å². The lowest BCUT2D eigenvalue weighted by Gasteiger charge is -2.24. The maximum atomic E-state index is 6.41. The molecule has 0 aromatic heterocycles. The summed E-state index contributed by atoms with van der Waals surface area (Å²) >= 11 is 3.58. The van der Waals surface area contributed by atoms with E-state index in [0.717, 1.165) is 22.0 Å². The highest BCUT2D eigenvalue weighted by molar-refractivity contribution is 9.10. The molecule has 0 amide bonds. The van der Waals surface area contributed by atoms with Gasteiger partial charge in [0, 0.05) is 4.47 Å². The lowest BCUT2D eigenvalue weighted by molar-refractivity contribution is 0.506. The molecular formula is C19H24BrN. The summed E-state index contributed by atoms with van der Waals surface area (Å²) in [7, 11) is 0. The van der Waals surface area contributed by atoms with Gasteiger partial charge in [0.05, 0.1) is 6.04 Å². The summed E-state index contributed by atoms with van der Waals surface area (Å²) in [5.74, 6) is 0. The fraction of sp³-hybridized carbons (Fsp3) is 0.368. The Labute approximate surface area is 136 Å². The third-order valence-electron chi connectivity index (χ3n) is 4.49. The molecule has 21 heavy (non-hydrogen) atoms. The van der Waals surface area contributed by atoms with Crippen LogP contribution in [0.25, 0.3) is 0 Å². The van der Waals surface area contributed by atoms with Gasteiger partial charge in [0.15, 0.2) is 0 Å². The predicted octanol–water partition coefficient (Wildman–Crippen LogP) is 5.49. The number of rotatable bonds is 4. The van der Waals surface area contributed by atoms with Crippen molar-refractivity contribution in [3.63, 3.8) is 0 Å². The van der Waals surface area contributed by atoms with Crippen LogP contribution in [0.2, 0.25) is 0 Å². The summed E-state index contributed by atoms with van der Waals surface area (Å²) in [6.07, 6.45) is 1.13. The van der Waals surface area contributed by atoms with Gasteiger partial charge in [-0.25, -0.2) is 0 Å². The van der Waals surface area contributed by atoms with Crippen LogP contribution in [-0.2, 0) is 5.41 Å². The summed E-state index contributed by atoms with van der Waals surface area (Å²) < 4.78 is 1.11. The molecule has 112 valence electrons. The summed E-state index contributed by atoms with van der Waals surface area (Å²) in [4.78, 5) is 0. The molecule has 0 heterocycles. The second-order valence-corrected chi connectivity index (χ2v) is 7.20. The van der Waals surface area contributed by atoms with Gasteiger partial charge in [0.1, 0.15) is 0 Å². The molecule has 0 radical (unpaired) electrons. The van der Waals surface area contributed by atoms with E-state index in [2.05, 4.69) is 86.1 Å². The first-order valence-electron chi connectivity index (χ1n) is 7.47. The zero-order valence-corrected chi connectivity index (χ0v) is 14.9. The fourth-order valence-electron chi connectivity index (χ4n) is 2.34. The van der Waals surface area contributed by atoms with Crippen LogP contribution >= 0.6 is 15.9 Å². The van der Waals surface area contributed by atoms with E-state index in [4.69, 9.17) is 5.73 Å². The Hall–Kier alpha value is -1.12. The first-order valence-corrected chi connectivity index (χ1v) is 8.26. The Morgan fingerprint density at radius 1 is 1.05 bits per heavy atom. The smallest absolute Gasteiger partial charge is 0.0552 e. The lowest BCUT2D eigenvalue weighted by atomic mass is 9.81. The number of aryl methyl sites for hydroxylation is 1. The van der Waals surface area contributed by atoms with Crippen molar-refractivity contribution in [2.45, 2.75) is 45.6 Å². The molecule has 2 aromatic carbocycles. The Morgan fingerprint density at radius 3 is 2.14 bits per heavy atom. The zero-order chi connectivity index (χ0) is 15.6. The van der Waals surface area contributed by atoms with E-state index in [1.165, 1.54) is 11.1 Å². The van der Waals surface area contributed by atoms with Crippen LogP contribution in [0.3, 0.4) is 0 Å². The van der Waals surface area contributed by atoms with Gasteiger partial charge in [0.25, 0.3) is 0 Å². The predicted molar refractivity (Wildman–Crippen MR) is 94.7 cm³/mol. The first-order chi connectivity index (χ1) is 9.85. The van der Waals surface area contributed by atoms with E-state index < -0.39 is 0 Å². The van der Waals surface area contributed by atoms with E-state index in [9.17, 15) is 0 Å². The third kappa shape index (κ3) is 3.56. The van der Waals surface area contributed by atoms with Crippen LogP contribution in [0.1, 0.15) is 55.5 Å². The van der Waals surface area contributed by atoms with E-state index in [-0.39, 0.29) is 11.5 Å². The molecule has 2 heteroatoms. The second kappa shape index (κ2) is 6.33. The monoisotopic (exact) mass is 345 g/mol. The molecule has 0 aliphatic rings. The van der Waals surface area contributed by atoms with E-state index >= 15 is 0 Å². The minimum atomic E-state index is -0.0827. The van der Waals surface area contributed by atoms with Gasteiger partial charge in [-0.05, 0) is 47.1 Å². The van der Waals surface area contributed by atoms with Crippen molar-refractivity contribution in [2.75, 3.05) is 0 Å². The SMILES string of the molecule is CCC(C)(C)c1ccc(C(N)c2ccc(C)c(Br)c2)cc1. The first kappa shape index (κ1) is 16.3. The van der Waals surface area contributed by atoms with Crippen molar-refractivity contribution >= 4 is 15.9 Å². The Balaban J connectivity index is 2.27. The lowest BCUT2D eigenvalue weighted by Crippen LogP contribution is -2.16.